The van der Waals surface area contributed by atoms with Crippen LogP contribution in [0.3, 0.4) is 0 Å². The maximum Gasteiger partial charge on any atom is 0.405 e. The van der Waals surface area contributed by atoms with E-state index in [0.717, 1.165) is 12.8 Å². The van der Waals surface area contributed by atoms with E-state index < -0.39 is 6.09 Å². The lowest BCUT2D eigenvalue weighted by Gasteiger charge is -2.17. The average molecular weight is 185 g/mol. The van der Waals surface area contributed by atoms with E-state index in [1.165, 1.54) is 0 Å². The van der Waals surface area contributed by atoms with Crippen LogP contribution >= 0.6 is 0 Å². The zero-order chi connectivity index (χ0) is 9.68. The molecule has 2 unspecified atom stereocenters. The fraction of sp³-hybridized carbons (Fsp3) is 0.667. The molecule has 0 saturated heterocycles. The second-order valence-electron chi connectivity index (χ2n) is 3.21. The van der Waals surface area contributed by atoms with Crippen molar-refractivity contribution in [3.63, 3.8) is 0 Å². The highest BCUT2D eigenvalue weighted by molar-refractivity contribution is 5.65. The zero-order valence-electron chi connectivity index (χ0n) is 7.48. The van der Waals surface area contributed by atoms with Gasteiger partial charge in [0.15, 0.2) is 0 Å². The van der Waals surface area contributed by atoms with E-state index in [2.05, 4.69) is 0 Å². The first-order valence-electron chi connectivity index (χ1n) is 4.49. The minimum atomic E-state index is -0.760. The van der Waals surface area contributed by atoms with Crippen molar-refractivity contribution < 1.29 is 14.6 Å². The Morgan fingerprint density at radius 1 is 1.46 bits per heavy atom. The van der Waals surface area contributed by atoms with E-state index in [1.807, 2.05) is 12.2 Å². The molecule has 0 bridgehead atoms. The first-order chi connectivity index (χ1) is 6.18. The third-order valence-corrected chi connectivity index (χ3v) is 2.07. The van der Waals surface area contributed by atoms with Gasteiger partial charge in [-0.25, -0.2) is 4.79 Å². The summed E-state index contributed by atoms with van der Waals surface area (Å²) in [7, 11) is 0. The molecule has 1 aliphatic rings. The Labute approximate surface area is 77.4 Å². The van der Waals surface area contributed by atoms with E-state index in [0.29, 0.717) is 12.8 Å². The lowest BCUT2D eigenvalue weighted by molar-refractivity contribution is 0.0982. The summed E-state index contributed by atoms with van der Waals surface area (Å²) in [5, 5.41) is 9.36. The maximum absolute atomic E-state index is 10.5. The van der Waals surface area contributed by atoms with Crippen LogP contribution in [0.2, 0.25) is 0 Å². The molecule has 0 fully saturated rings. The topological polar surface area (TPSA) is 72.6 Å². The van der Waals surface area contributed by atoms with Crippen LogP contribution in [0, 0.1) is 0 Å². The van der Waals surface area contributed by atoms with Gasteiger partial charge in [0.2, 0.25) is 0 Å². The molecule has 0 spiro atoms. The summed E-state index contributed by atoms with van der Waals surface area (Å²) in [6.45, 7) is 0. The number of ether oxygens (including phenoxy) is 1. The monoisotopic (exact) mass is 185 g/mol. The zero-order valence-corrected chi connectivity index (χ0v) is 7.48. The number of amides is 1. The molecule has 4 nitrogen and oxygen atoms in total. The highest BCUT2D eigenvalue weighted by Gasteiger charge is 2.13. The fourth-order valence-electron chi connectivity index (χ4n) is 1.38. The third kappa shape index (κ3) is 3.94. The van der Waals surface area contributed by atoms with Gasteiger partial charge in [0.1, 0.15) is 6.10 Å². The van der Waals surface area contributed by atoms with Gasteiger partial charge in [-0.05, 0) is 31.8 Å². The van der Waals surface area contributed by atoms with Crippen LogP contribution in [-0.4, -0.2) is 23.4 Å². The van der Waals surface area contributed by atoms with Gasteiger partial charge < -0.3 is 15.6 Å². The second-order valence-corrected chi connectivity index (χ2v) is 3.21. The van der Waals surface area contributed by atoms with Crippen molar-refractivity contribution in [2.45, 2.75) is 37.9 Å². The Morgan fingerprint density at radius 2 is 2.23 bits per heavy atom. The molecule has 1 amide bonds. The highest BCUT2D eigenvalue weighted by Crippen LogP contribution is 2.14. The van der Waals surface area contributed by atoms with Crippen molar-refractivity contribution in [3.8, 4) is 0 Å². The Balaban J connectivity index is 2.44. The van der Waals surface area contributed by atoms with Gasteiger partial charge in [0.25, 0.3) is 0 Å². The number of aliphatic hydroxyl groups is 1. The predicted molar refractivity (Wildman–Crippen MR) is 48.1 cm³/mol. The number of aliphatic hydroxyl groups excluding tert-OH is 1. The molecule has 0 saturated carbocycles. The van der Waals surface area contributed by atoms with Crippen molar-refractivity contribution >= 4 is 6.09 Å². The molecule has 1 aliphatic carbocycles. The number of carbonyl (C=O) groups excluding carboxylic acids is 1. The molecule has 0 aromatic rings. The Kier molecular flexibility index (Phi) is 3.76. The lowest BCUT2D eigenvalue weighted by Crippen LogP contribution is -2.23. The molecule has 13 heavy (non-hydrogen) atoms. The van der Waals surface area contributed by atoms with Crippen LogP contribution in [0.4, 0.5) is 4.79 Å². The smallest absolute Gasteiger partial charge is 0.405 e. The van der Waals surface area contributed by atoms with Gasteiger partial charge in [-0.3, -0.25) is 0 Å². The summed E-state index contributed by atoms with van der Waals surface area (Å²) >= 11 is 0. The molecule has 0 aliphatic heterocycles. The van der Waals surface area contributed by atoms with E-state index in [1.54, 1.807) is 0 Å². The Morgan fingerprint density at radius 3 is 2.92 bits per heavy atom. The van der Waals surface area contributed by atoms with Crippen LogP contribution in [-0.2, 0) is 4.74 Å². The number of carbonyl (C=O) groups is 1. The van der Waals surface area contributed by atoms with E-state index >= 15 is 0 Å². The molecule has 0 radical (unpaired) electrons. The third-order valence-electron chi connectivity index (χ3n) is 2.07. The summed E-state index contributed by atoms with van der Waals surface area (Å²) < 4.78 is 4.82. The average Bonchev–Trinajstić information content (AvgIpc) is 2.03. The van der Waals surface area contributed by atoms with Gasteiger partial charge in [-0.15, -0.1) is 0 Å². The molecule has 0 aromatic heterocycles. The lowest BCUT2D eigenvalue weighted by atomic mass is 10.0. The van der Waals surface area contributed by atoms with Crippen molar-refractivity contribution in [1.29, 1.82) is 0 Å². The predicted octanol–water partition coefficient (Wildman–Crippen LogP) is 0.941. The number of allylic oxidation sites excluding steroid dienone is 1. The fourth-order valence-corrected chi connectivity index (χ4v) is 1.38. The Hall–Kier alpha value is -1.03. The van der Waals surface area contributed by atoms with Gasteiger partial charge >= 0.3 is 6.09 Å². The number of hydrogen-bond donors (Lipinski definition) is 2. The number of primary amides is 1. The van der Waals surface area contributed by atoms with Gasteiger partial charge in [-0.1, -0.05) is 6.08 Å². The first-order valence-corrected chi connectivity index (χ1v) is 4.49. The van der Waals surface area contributed by atoms with Crippen LogP contribution in [0.25, 0.3) is 0 Å². The van der Waals surface area contributed by atoms with Crippen molar-refractivity contribution in [2.24, 2.45) is 5.73 Å². The van der Waals surface area contributed by atoms with Crippen molar-refractivity contribution in [2.75, 3.05) is 0 Å². The highest BCUT2D eigenvalue weighted by atomic mass is 16.6. The second kappa shape index (κ2) is 4.87. The quantitative estimate of drug-likeness (QED) is 0.597. The SMILES string of the molecule is NC(=O)OC1C=CCCC(O)CC1. The summed E-state index contributed by atoms with van der Waals surface area (Å²) in [6.07, 6.45) is 5.32. The summed E-state index contributed by atoms with van der Waals surface area (Å²) in [5.74, 6) is 0. The van der Waals surface area contributed by atoms with E-state index in [4.69, 9.17) is 10.5 Å². The molecule has 4 heteroatoms. The molecule has 0 heterocycles. The Bertz CT molecular complexity index is 203. The van der Waals surface area contributed by atoms with Crippen LogP contribution in [0.5, 0.6) is 0 Å². The normalized spacial score (nSPS) is 29.0. The van der Waals surface area contributed by atoms with E-state index in [9.17, 15) is 9.90 Å². The van der Waals surface area contributed by atoms with E-state index in [-0.39, 0.29) is 12.2 Å². The van der Waals surface area contributed by atoms with Gasteiger partial charge in [0.05, 0.1) is 6.10 Å². The number of nitrogens with two attached hydrogens (primary N) is 1. The standard InChI is InChI=1S/C9H15NO3/c10-9(12)13-8-4-2-1-3-7(11)5-6-8/h2,4,7-8,11H,1,3,5-6H2,(H2,10,12). The summed E-state index contributed by atoms with van der Waals surface area (Å²) in [5.41, 5.74) is 4.89. The number of hydrogen-bond acceptors (Lipinski definition) is 3. The van der Waals surface area contributed by atoms with Gasteiger partial charge in [-0.2, -0.15) is 0 Å². The number of rotatable bonds is 1. The summed E-state index contributed by atoms with van der Waals surface area (Å²) in [4.78, 5) is 10.5. The molecular formula is C9H15NO3. The summed E-state index contributed by atoms with van der Waals surface area (Å²) in [6, 6.07) is 0. The molecule has 3 N–H and O–H groups in total. The minimum absolute atomic E-state index is 0.271. The molecule has 74 valence electrons. The largest absolute Gasteiger partial charge is 0.442 e. The van der Waals surface area contributed by atoms with Crippen LogP contribution in [0.1, 0.15) is 25.7 Å². The first kappa shape index (κ1) is 10.1. The van der Waals surface area contributed by atoms with Crippen molar-refractivity contribution in [1.82, 2.24) is 0 Å². The minimum Gasteiger partial charge on any atom is -0.442 e. The molecule has 0 aromatic carbocycles. The van der Waals surface area contributed by atoms with Crippen LogP contribution < -0.4 is 5.73 Å². The maximum atomic E-state index is 10.5. The molecule has 2 atom stereocenters. The molecular weight excluding hydrogens is 170 g/mol. The van der Waals surface area contributed by atoms with Crippen LogP contribution in [0.15, 0.2) is 12.2 Å². The molecule has 1 rings (SSSR count). The van der Waals surface area contributed by atoms with Crippen molar-refractivity contribution in [3.05, 3.63) is 12.2 Å². The van der Waals surface area contributed by atoms with Gasteiger partial charge in [0, 0.05) is 0 Å².